The van der Waals surface area contributed by atoms with Crippen LogP contribution in [0.15, 0.2) is 12.7 Å². The molecule has 48 valence electrons. The third kappa shape index (κ3) is 2.77. The molecule has 0 aromatic rings. The summed E-state index contributed by atoms with van der Waals surface area (Å²) in [6.45, 7) is 6.53. The zero-order valence-electron chi connectivity index (χ0n) is 5.22. The lowest BCUT2D eigenvalue weighted by molar-refractivity contribution is 0.266. The van der Waals surface area contributed by atoms with Crippen LogP contribution in [0.3, 0.4) is 0 Å². The quantitative estimate of drug-likeness (QED) is 0.511. The number of aliphatic hydroxyl groups excluding tert-OH is 1. The van der Waals surface area contributed by atoms with E-state index in [-0.39, 0.29) is 12.6 Å². The molecule has 0 aromatic carbocycles. The fraction of sp³-hybridized carbons (Fsp3) is 0.667. The van der Waals surface area contributed by atoms with Crippen molar-refractivity contribution in [3.8, 4) is 0 Å². The van der Waals surface area contributed by atoms with Crippen molar-refractivity contribution in [1.82, 2.24) is 5.32 Å². The Hall–Kier alpha value is -0.340. The first kappa shape index (κ1) is 7.66. The van der Waals surface area contributed by atoms with Crippen LogP contribution >= 0.6 is 0 Å². The second kappa shape index (κ2) is 4.81. The van der Waals surface area contributed by atoms with Crippen molar-refractivity contribution >= 4 is 0 Å². The average Bonchev–Trinajstić information content (AvgIpc) is 1.83. The van der Waals surface area contributed by atoms with Gasteiger partial charge in [-0.25, -0.2) is 0 Å². The summed E-state index contributed by atoms with van der Waals surface area (Å²) in [4.78, 5) is 0. The van der Waals surface area contributed by atoms with Gasteiger partial charge in [-0.05, 0) is 6.54 Å². The zero-order valence-corrected chi connectivity index (χ0v) is 5.22. The largest absolute Gasteiger partial charge is 0.394 e. The van der Waals surface area contributed by atoms with Crippen molar-refractivity contribution in [3.63, 3.8) is 0 Å². The molecular weight excluding hydrogens is 102 g/mol. The number of likely N-dealkylation sites (N-methyl/N-ethyl adjacent to an activating group) is 1. The molecule has 0 rings (SSSR count). The average molecular weight is 115 g/mol. The van der Waals surface area contributed by atoms with Gasteiger partial charge in [0.25, 0.3) is 0 Å². The standard InChI is InChI=1S/C6H13NO/c1-3-6(5-8)7-4-2/h3,6-8H,1,4-5H2,2H3. The van der Waals surface area contributed by atoms with Gasteiger partial charge in [-0.15, -0.1) is 6.58 Å². The molecule has 2 N–H and O–H groups in total. The van der Waals surface area contributed by atoms with Crippen LogP contribution in [0.2, 0.25) is 0 Å². The van der Waals surface area contributed by atoms with E-state index >= 15 is 0 Å². The second-order valence-corrected chi connectivity index (χ2v) is 1.58. The molecule has 2 heteroatoms. The van der Waals surface area contributed by atoms with E-state index in [1.165, 1.54) is 0 Å². The number of rotatable bonds is 4. The Balaban J connectivity index is 3.21. The van der Waals surface area contributed by atoms with E-state index in [9.17, 15) is 0 Å². The molecule has 1 atom stereocenters. The van der Waals surface area contributed by atoms with E-state index in [1.54, 1.807) is 6.08 Å². The first-order chi connectivity index (χ1) is 3.85. The van der Waals surface area contributed by atoms with Crippen LogP contribution < -0.4 is 5.32 Å². The van der Waals surface area contributed by atoms with Crippen LogP contribution in [0.4, 0.5) is 0 Å². The van der Waals surface area contributed by atoms with Gasteiger partial charge in [0.1, 0.15) is 0 Å². The van der Waals surface area contributed by atoms with Gasteiger partial charge in [-0.3, -0.25) is 0 Å². The normalized spacial score (nSPS) is 13.2. The third-order valence-electron chi connectivity index (χ3n) is 0.948. The van der Waals surface area contributed by atoms with Crippen LogP contribution in [-0.4, -0.2) is 24.3 Å². The topological polar surface area (TPSA) is 32.3 Å². The molecule has 0 radical (unpaired) electrons. The molecule has 0 bridgehead atoms. The second-order valence-electron chi connectivity index (χ2n) is 1.58. The maximum atomic E-state index is 8.52. The predicted molar refractivity (Wildman–Crippen MR) is 34.7 cm³/mol. The summed E-state index contributed by atoms with van der Waals surface area (Å²) in [5.74, 6) is 0. The van der Waals surface area contributed by atoms with Gasteiger partial charge in [0, 0.05) is 6.04 Å². The van der Waals surface area contributed by atoms with Crippen LogP contribution in [0.25, 0.3) is 0 Å². The Morgan fingerprint density at radius 1 is 1.88 bits per heavy atom. The zero-order chi connectivity index (χ0) is 6.41. The molecule has 2 nitrogen and oxygen atoms in total. The van der Waals surface area contributed by atoms with Crippen LogP contribution in [-0.2, 0) is 0 Å². The van der Waals surface area contributed by atoms with Gasteiger partial charge in [0.05, 0.1) is 6.61 Å². The summed E-state index contributed by atoms with van der Waals surface area (Å²) < 4.78 is 0. The van der Waals surface area contributed by atoms with Crippen molar-refractivity contribution in [2.45, 2.75) is 13.0 Å². The van der Waals surface area contributed by atoms with Crippen molar-refractivity contribution < 1.29 is 5.11 Å². The summed E-state index contributed by atoms with van der Waals surface area (Å²) in [5, 5.41) is 11.5. The van der Waals surface area contributed by atoms with E-state index in [2.05, 4.69) is 11.9 Å². The predicted octanol–water partition coefficient (Wildman–Crippen LogP) is 0.143. The van der Waals surface area contributed by atoms with E-state index in [0.29, 0.717) is 0 Å². The summed E-state index contributed by atoms with van der Waals surface area (Å²) in [5.41, 5.74) is 0. The monoisotopic (exact) mass is 115 g/mol. The van der Waals surface area contributed by atoms with Gasteiger partial charge in [-0.2, -0.15) is 0 Å². The number of hydrogen-bond acceptors (Lipinski definition) is 2. The Morgan fingerprint density at radius 3 is 2.62 bits per heavy atom. The SMILES string of the molecule is C=CC(CO)NCC. The minimum atomic E-state index is 0.0694. The Labute approximate surface area is 50.2 Å². The molecule has 0 saturated carbocycles. The van der Waals surface area contributed by atoms with E-state index in [1.807, 2.05) is 6.92 Å². The molecular formula is C6H13NO. The lowest BCUT2D eigenvalue weighted by Crippen LogP contribution is -2.29. The lowest BCUT2D eigenvalue weighted by atomic mass is 10.3. The molecule has 0 aromatic heterocycles. The molecule has 1 unspecified atom stereocenters. The smallest absolute Gasteiger partial charge is 0.0620 e. The van der Waals surface area contributed by atoms with Gasteiger partial charge in [0.15, 0.2) is 0 Å². The number of nitrogens with one attached hydrogen (secondary N) is 1. The van der Waals surface area contributed by atoms with E-state index in [0.717, 1.165) is 6.54 Å². The minimum absolute atomic E-state index is 0.0694. The highest BCUT2D eigenvalue weighted by Crippen LogP contribution is 1.79. The molecule has 0 amide bonds. The molecule has 0 saturated heterocycles. The summed E-state index contributed by atoms with van der Waals surface area (Å²) in [6, 6.07) is 0.0694. The van der Waals surface area contributed by atoms with Gasteiger partial charge in [0.2, 0.25) is 0 Å². The van der Waals surface area contributed by atoms with Crippen molar-refractivity contribution in [1.29, 1.82) is 0 Å². The Morgan fingerprint density at radius 2 is 2.50 bits per heavy atom. The molecule has 0 heterocycles. The Bertz CT molecular complexity index is 63.5. The molecule has 0 aliphatic rings. The Kier molecular flexibility index (Phi) is 4.61. The number of hydrogen-bond donors (Lipinski definition) is 2. The van der Waals surface area contributed by atoms with Gasteiger partial charge in [-0.1, -0.05) is 13.0 Å². The molecule has 0 fully saturated rings. The van der Waals surface area contributed by atoms with Gasteiger partial charge < -0.3 is 10.4 Å². The van der Waals surface area contributed by atoms with E-state index in [4.69, 9.17) is 5.11 Å². The fourth-order valence-corrected chi connectivity index (χ4v) is 0.485. The van der Waals surface area contributed by atoms with Crippen molar-refractivity contribution in [2.24, 2.45) is 0 Å². The van der Waals surface area contributed by atoms with E-state index < -0.39 is 0 Å². The fourth-order valence-electron chi connectivity index (χ4n) is 0.485. The van der Waals surface area contributed by atoms with Crippen LogP contribution in [0, 0.1) is 0 Å². The highest BCUT2D eigenvalue weighted by Gasteiger charge is 1.95. The van der Waals surface area contributed by atoms with Crippen molar-refractivity contribution in [2.75, 3.05) is 13.2 Å². The summed E-state index contributed by atoms with van der Waals surface area (Å²) >= 11 is 0. The summed E-state index contributed by atoms with van der Waals surface area (Å²) in [6.07, 6.45) is 1.70. The maximum Gasteiger partial charge on any atom is 0.0620 e. The van der Waals surface area contributed by atoms with Crippen LogP contribution in [0.1, 0.15) is 6.92 Å². The molecule has 0 aliphatic carbocycles. The lowest BCUT2D eigenvalue weighted by Gasteiger charge is -2.07. The minimum Gasteiger partial charge on any atom is -0.394 e. The van der Waals surface area contributed by atoms with Crippen molar-refractivity contribution in [3.05, 3.63) is 12.7 Å². The third-order valence-corrected chi connectivity index (χ3v) is 0.948. The maximum absolute atomic E-state index is 8.52. The molecule has 8 heavy (non-hydrogen) atoms. The molecule has 0 aliphatic heterocycles. The molecule has 0 spiro atoms. The first-order valence-corrected chi connectivity index (χ1v) is 2.82. The van der Waals surface area contributed by atoms with Crippen LogP contribution in [0.5, 0.6) is 0 Å². The highest BCUT2D eigenvalue weighted by atomic mass is 16.3. The number of aliphatic hydroxyl groups is 1. The highest BCUT2D eigenvalue weighted by molar-refractivity contribution is 4.83. The summed E-state index contributed by atoms with van der Waals surface area (Å²) in [7, 11) is 0. The first-order valence-electron chi connectivity index (χ1n) is 2.82. The van der Waals surface area contributed by atoms with Gasteiger partial charge >= 0.3 is 0 Å².